The van der Waals surface area contributed by atoms with E-state index in [9.17, 15) is 8.42 Å². The van der Waals surface area contributed by atoms with Crippen molar-refractivity contribution in [3.63, 3.8) is 0 Å². The second-order valence-electron chi connectivity index (χ2n) is 8.48. The highest BCUT2D eigenvalue weighted by Gasteiger charge is 2.25. The van der Waals surface area contributed by atoms with Gasteiger partial charge in [-0.1, -0.05) is 52.5 Å². The zero-order valence-corrected chi connectivity index (χ0v) is 23.1. The largest absolute Gasteiger partial charge is 0.270 e. The lowest BCUT2D eigenvalue weighted by molar-refractivity contribution is 0.593. The van der Waals surface area contributed by atoms with Crippen molar-refractivity contribution in [3.05, 3.63) is 97.6 Å². The van der Waals surface area contributed by atoms with E-state index in [1.165, 1.54) is 30.6 Å². The van der Waals surface area contributed by atoms with Crippen LogP contribution < -0.4 is 4.72 Å². The number of aliphatic imine (C=N–C) groups is 1. The number of aromatic nitrogens is 2. The van der Waals surface area contributed by atoms with E-state index in [0.717, 1.165) is 47.3 Å². The zero-order chi connectivity index (χ0) is 26.2. The molecule has 5 rings (SSSR count). The zero-order valence-electron chi connectivity index (χ0n) is 19.3. The fourth-order valence-corrected chi connectivity index (χ4v) is 6.02. The van der Waals surface area contributed by atoms with Crippen LogP contribution in [0, 0.1) is 0 Å². The maximum Gasteiger partial charge on any atom is 0.262 e. The van der Waals surface area contributed by atoms with Crippen LogP contribution in [0.2, 0.25) is 20.1 Å². The fraction of sp³-hybridized carbons (Fsp3) is 0.154. The first-order chi connectivity index (χ1) is 17.7. The van der Waals surface area contributed by atoms with Crippen LogP contribution in [-0.2, 0) is 29.4 Å². The van der Waals surface area contributed by atoms with E-state index in [1.807, 2.05) is 28.9 Å². The monoisotopic (exact) mass is 592 g/mol. The Labute approximate surface area is 234 Å². The molecule has 0 radical (unpaired) electrons. The highest BCUT2D eigenvalue weighted by Crippen LogP contribution is 2.38. The molecule has 4 aromatic rings. The molecule has 0 atom stereocenters. The summed E-state index contributed by atoms with van der Waals surface area (Å²) in [5.74, 6) is 0. The van der Waals surface area contributed by atoms with Crippen LogP contribution in [0.4, 0.5) is 0 Å². The number of hydrogen-bond donors (Lipinski definition) is 1. The third kappa shape index (κ3) is 5.52. The van der Waals surface area contributed by atoms with Gasteiger partial charge in [-0.05, 0) is 79.4 Å². The number of aryl methyl sites for hydroxylation is 1. The number of nitrogens with one attached hydrogen (secondary N) is 1. The first-order valence-electron chi connectivity index (χ1n) is 11.3. The number of rotatable bonds is 6. The van der Waals surface area contributed by atoms with Gasteiger partial charge in [0.05, 0.1) is 39.9 Å². The maximum absolute atomic E-state index is 12.6. The van der Waals surface area contributed by atoms with Crippen LogP contribution in [0.15, 0.2) is 70.6 Å². The van der Waals surface area contributed by atoms with E-state index in [0.29, 0.717) is 25.8 Å². The minimum Gasteiger partial charge on any atom is -0.270 e. The summed E-state index contributed by atoms with van der Waals surface area (Å²) in [5.41, 5.74) is 5.51. The van der Waals surface area contributed by atoms with Gasteiger partial charge in [0.2, 0.25) is 0 Å². The Bertz CT molecular complexity index is 1620. The summed E-state index contributed by atoms with van der Waals surface area (Å²) in [6, 6.07) is 17.0. The molecule has 1 aromatic heterocycles. The summed E-state index contributed by atoms with van der Waals surface area (Å²) in [6.45, 7) is 0.173. The molecular formula is C26H20Cl4N4O2S. The summed E-state index contributed by atoms with van der Waals surface area (Å²) >= 11 is 24.9. The molecule has 0 bridgehead atoms. The molecule has 1 aliphatic carbocycles. The predicted molar refractivity (Wildman–Crippen MR) is 150 cm³/mol. The Morgan fingerprint density at radius 2 is 1.62 bits per heavy atom. The Kier molecular flexibility index (Phi) is 7.52. The average Bonchev–Trinajstić information content (AvgIpc) is 3.08. The third-order valence-electron chi connectivity index (χ3n) is 6.06. The van der Waals surface area contributed by atoms with Gasteiger partial charge in [-0.3, -0.25) is 9.71 Å². The summed E-state index contributed by atoms with van der Waals surface area (Å²) in [5, 5.41) is 6.98. The second kappa shape index (κ2) is 10.7. The predicted octanol–water partition coefficient (Wildman–Crippen LogP) is 7.15. The van der Waals surface area contributed by atoms with Gasteiger partial charge in [-0.25, -0.2) is 13.1 Å². The van der Waals surface area contributed by atoms with Crippen molar-refractivity contribution in [3.8, 4) is 16.9 Å². The van der Waals surface area contributed by atoms with E-state index in [-0.39, 0.29) is 11.4 Å². The fourth-order valence-electron chi connectivity index (χ4n) is 4.37. The van der Waals surface area contributed by atoms with Crippen LogP contribution in [0.3, 0.4) is 0 Å². The number of hydrogen-bond acceptors (Lipinski definition) is 4. The highest BCUT2D eigenvalue weighted by molar-refractivity contribution is 7.90. The minimum absolute atomic E-state index is 0.0918. The molecule has 11 heteroatoms. The summed E-state index contributed by atoms with van der Waals surface area (Å²) in [6.07, 6.45) is 3.71. The van der Waals surface area contributed by atoms with Crippen molar-refractivity contribution in [1.82, 2.24) is 14.5 Å². The second-order valence-corrected chi connectivity index (χ2v) is 11.9. The van der Waals surface area contributed by atoms with Crippen LogP contribution in [0.5, 0.6) is 0 Å². The van der Waals surface area contributed by atoms with Crippen LogP contribution >= 0.6 is 46.4 Å². The van der Waals surface area contributed by atoms with Crippen molar-refractivity contribution < 1.29 is 8.42 Å². The third-order valence-corrected chi connectivity index (χ3v) is 8.40. The molecule has 0 saturated heterocycles. The van der Waals surface area contributed by atoms with Gasteiger partial charge in [-0.2, -0.15) is 5.10 Å². The van der Waals surface area contributed by atoms with Crippen molar-refractivity contribution in [1.29, 1.82) is 0 Å². The number of halogens is 4. The molecule has 3 aromatic carbocycles. The Hall–Kier alpha value is -2.55. The van der Waals surface area contributed by atoms with Gasteiger partial charge in [-0.15, -0.1) is 0 Å². The highest BCUT2D eigenvalue weighted by atomic mass is 35.5. The lowest BCUT2D eigenvalue weighted by Crippen LogP contribution is -2.22. The Morgan fingerprint density at radius 1 is 0.919 bits per heavy atom. The molecular weight excluding hydrogens is 574 g/mol. The molecule has 0 aliphatic heterocycles. The van der Waals surface area contributed by atoms with E-state index in [2.05, 4.69) is 9.71 Å². The maximum atomic E-state index is 12.6. The standard InChI is InChI=1S/C26H20Cl4N4O2S/c27-17-4-8-20(9-5-17)37(35,36)32-15-31-14-24-22-3-1-2-16-12-18(28)6-10-21(16)26(22)34(33-24)25-11-7-19(29)13-23(25)30/h4-13,15H,1-3,14H2,(H,31,32). The van der Waals surface area contributed by atoms with Crippen molar-refractivity contribution in [2.75, 3.05) is 0 Å². The summed E-state index contributed by atoms with van der Waals surface area (Å²) in [4.78, 5) is 4.42. The minimum atomic E-state index is -3.77. The number of benzene rings is 3. The smallest absolute Gasteiger partial charge is 0.262 e. The first kappa shape index (κ1) is 26.1. The lowest BCUT2D eigenvalue weighted by Gasteiger charge is -2.13. The number of fused-ring (bicyclic) bond motifs is 3. The molecule has 0 amide bonds. The molecule has 6 nitrogen and oxygen atoms in total. The molecule has 37 heavy (non-hydrogen) atoms. The van der Waals surface area contributed by atoms with Crippen LogP contribution in [-0.4, -0.2) is 24.5 Å². The molecule has 1 aliphatic rings. The Balaban J connectivity index is 1.52. The lowest BCUT2D eigenvalue weighted by atomic mass is 10.0. The molecule has 1 heterocycles. The molecule has 190 valence electrons. The van der Waals surface area contributed by atoms with Gasteiger partial charge in [0, 0.05) is 26.2 Å². The molecule has 0 spiro atoms. The van der Waals surface area contributed by atoms with Crippen LogP contribution in [0.25, 0.3) is 16.9 Å². The van der Waals surface area contributed by atoms with Gasteiger partial charge in [0.15, 0.2) is 0 Å². The van der Waals surface area contributed by atoms with E-state index >= 15 is 0 Å². The molecule has 0 fully saturated rings. The van der Waals surface area contributed by atoms with Gasteiger partial charge < -0.3 is 0 Å². The van der Waals surface area contributed by atoms with Crippen molar-refractivity contribution in [2.24, 2.45) is 4.99 Å². The first-order valence-corrected chi connectivity index (χ1v) is 14.3. The van der Waals surface area contributed by atoms with Crippen molar-refractivity contribution >= 4 is 62.8 Å². The molecule has 1 N–H and O–H groups in total. The van der Waals surface area contributed by atoms with Gasteiger partial charge >= 0.3 is 0 Å². The number of nitrogens with zero attached hydrogens (tertiary/aromatic N) is 3. The van der Waals surface area contributed by atoms with Crippen LogP contribution in [0.1, 0.15) is 23.2 Å². The van der Waals surface area contributed by atoms with E-state index in [1.54, 1.807) is 12.1 Å². The normalized spacial score (nSPS) is 13.3. The molecule has 0 unspecified atom stereocenters. The van der Waals surface area contributed by atoms with Gasteiger partial charge in [0.1, 0.15) is 0 Å². The van der Waals surface area contributed by atoms with E-state index < -0.39 is 10.0 Å². The average molecular weight is 594 g/mol. The quantitative estimate of drug-likeness (QED) is 0.190. The topological polar surface area (TPSA) is 76.3 Å². The number of sulfonamides is 1. The molecule has 0 saturated carbocycles. The van der Waals surface area contributed by atoms with E-state index in [4.69, 9.17) is 51.5 Å². The van der Waals surface area contributed by atoms with Crippen molar-refractivity contribution in [2.45, 2.75) is 30.7 Å². The van der Waals surface area contributed by atoms with Gasteiger partial charge in [0.25, 0.3) is 10.0 Å². The summed E-state index contributed by atoms with van der Waals surface area (Å²) < 4.78 is 29.3. The summed E-state index contributed by atoms with van der Waals surface area (Å²) in [7, 11) is -3.77. The Morgan fingerprint density at radius 3 is 2.38 bits per heavy atom. The SMILES string of the molecule is O=S(=O)(NC=NCc1nn(-c2ccc(Cl)cc2Cl)c2c1CCCc1cc(Cl)ccc1-2)c1ccc(Cl)cc1.